The molecule has 0 unspecified atom stereocenters. The average molecular weight is 386 g/mol. The standard InChI is InChI=1S/C24H22N2O3/c1-24(2)13-18(16-9-3-4-12-20(16)29-24)25-21(27)14-26-19-11-6-8-15-7-5-10-17(22(15)19)23(26)28/h3-12,18H,13-14H2,1-2H3,(H,25,27)/t18-/m1/s1. The van der Waals surface area contributed by atoms with E-state index in [0.29, 0.717) is 12.0 Å². The number of nitrogens with one attached hydrogen (secondary N) is 1. The Morgan fingerprint density at radius 1 is 1.10 bits per heavy atom. The molecule has 5 heteroatoms. The third-order valence-electron chi connectivity index (χ3n) is 5.66. The van der Waals surface area contributed by atoms with Crippen molar-refractivity contribution >= 4 is 28.3 Å². The molecule has 0 spiro atoms. The van der Waals surface area contributed by atoms with Crippen LogP contribution in [-0.4, -0.2) is 24.0 Å². The summed E-state index contributed by atoms with van der Waals surface area (Å²) in [6.45, 7) is 4.03. The van der Waals surface area contributed by atoms with E-state index in [4.69, 9.17) is 4.74 Å². The zero-order chi connectivity index (χ0) is 20.2. The van der Waals surface area contributed by atoms with E-state index >= 15 is 0 Å². The lowest BCUT2D eigenvalue weighted by Crippen LogP contribution is -2.45. The molecule has 2 heterocycles. The molecular weight excluding hydrogens is 364 g/mol. The first kappa shape index (κ1) is 17.7. The lowest BCUT2D eigenvalue weighted by molar-refractivity contribution is -0.121. The van der Waals surface area contributed by atoms with Gasteiger partial charge in [0.1, 0.15) is 17.9 Å². The summed E-state index contributed by atoms with van der Waals surface area (Å²) < 4.78 is 6.05. The first-order valence-corrected chi connectivity index (χ1v) is 9.84. The average Bonchev–Trinajstić information content (AvgIpc) is 2.95. The number of anilines is 1. The molecule has 1 atom stereocenters. The van der Waals surface area contributed by atoms with Crippen molar-refractivity contribution in [1.82, 2.24) is 5.32 Å². The fourth-order valence-corrected chi connectivity index (χ4v) is 4.45. The summed E-state index contributed by atoms with van der Waals surface area (Å²) in [7, 11) is 0. The van der Waals surface area contributed by atoms with Crippen LogP contribution < -0.4 is 15.0 Å². The van der Waals surface area contributed by atoms with Crippen molar-refractivity contribution in [3.05, 3.63) is 71.8 Å². The molecule has 0 saturated heterocycles. The molecule has 0 aliphatic carbocycles. The highest BCUT2D eigenvalue weighted by atomic mass is 16.5. The van der Waals surface area contributed by atoms with Gasteiger partial charge in [0.05, 0.1) is 11.7 Å². The van der Waals surface area contributed by atoms with Crippen molar-refractivity contribution in [2.75, 3.05) is 11.4 Å². The predicted molar refractivity (Wildman–Crippen MR) is 112 cm³/mol. The molecule has 0 aromatic heterocycles. The van der Waals surface area contributed by atoms with E-state index in [9.17, 15) is 9.59 Å². The number of para-hydroxylation sites is 1. The molecule has 5 nitrogen and oxygen atoms in total. The van der Waals surface area contributed by atoms with Crippen LogP contribution in [0.1, 0.15) is 42.2 Å². The Kier molecular flexibility index (Phi) is 3.88. The summed E-state index contributed by atoms with van der Waals surface area (Å²) in [5.41, 5.74) is 2.05. The number of hydrogen-bond acceptors (Lipinski definition) is 3. The number of nitrogens with zero attached hydrogens (tertiary/aromatic N) is 1. The molecule has 0 fully saturated rings. The van der Waals surface area contributed by atoms with E-state index < -0.39 is 0 Å². The van der Waals surface area contributed by atoms with Crippen LogP contribution in [0.2, 0.25) is 0 Å². The number of hydrogen-bond donors (Lipinski definition) is 1. The number of benzene rings is 3. The highest BCUT2D eigenvalue weighted by Gasteiger charge is 2.36. The van der Waals surface area contributed by atoms with Gasteiger partial charge in [0, 0.05) is 22.9 Å². The smallest absolute Gasteiger partial charge is 0.259 e. The summed E-state index contributed by atoms with van der Waals surface area (Å²) in [6, 6.07) is 19.1. The van der Waals surface area contributed by atoms with Crippen molar-refractivity contribution < 1.29 is 14.3 Å². The second-order valence-corrected chi connectivity index (χ2v) is 8.30. The van der Waals surface area contributed by atoms with Gasteiger partial charge in [-0.15, -0.1) is 0 Å². The molecule has 29 heavy (non-hydrogen) atoms. The van der Waals surface area contributed by atoms with E-state index in [1.54, 1.807) is 4.90 Å². The van der Waals surface area contributed by atoms with E-state index in [-0.39, 0.29) is 30.0 Å². The molecule has 3 aromatic rings. The van der Waals surface area contributed by atoms with Crippen LogP contribution in [0.4, 0.5) is 5.69 Å². The number of amides is 2. The Balaban J connectivity index is 1.40. The highest BCUT2D eigenvalue weighted by molar-refractivity contribution is 6.26. The Morgan fingerprint density at radius 2 is 1.86 bits per heavy atom. The van der Waals surface area contributed by atoms with Gasteiger partial charge in [0.25, 0.3) is 5.91 Å². The van der Waals surface area contributed by atoms with Crippen molar-refractivity contribution in [2.45, 2.75) is 31.9 Å². The SMILES string of the molecule is CC1(C)C[C@@H](NC(=O)CN2C(=O)c3cccc4cccc2c34)c2ccccc2O1. The molecule has 2 amide bonds. The molecule has 5 rings (SSSR count). The molecule has 146 valence electrons. The summed E-state index contributed by atoms with van der Waals surface area (Å²) in [5.74, 6) is 0.490. The van der Waals surface area contributed by atoms with Crippen molar-refractivity contribution in [2.24, 2.45) is 0 Å². The van der Waals surface area contributed by atoms with Gasteiger partial charge in [-0.1, -0.05) is 42.5 Å². The molecule has 2 aliphatic heterocycles. The van der Waals surface area contributed by atoms with Gasteiger partial charge in [-0.2, -0.15) is 0 Å². The minimum absolute atomic E-state index is 0.00736. The quantitative estimate of drug-likeness (QED) is 0.733. The monoisotopic (exact) mass is 386 g/mol. The Hall–Kier alpha value is -3.34. The maximum atomic E-state index is 13.0. The summed E-state index contributed by atoms with van der Waals surface area (Å²) >= 11 is 0. The minimum Gasteiger partial charge on any atom is -0.487 e. The van der Waals surface area contributed by atoms with E-state index in [0.717, 1.165) is 27.8 Å². The Morgan fingerprint density at radius 3 is 2.69 bits per heavy atom. The molecule has 1 N–H and O–H groups in total. The predicted octanol–water partition coefficient (Wildman–Crippen LogP) is 4.22. The van der Waals surface area contributed by atoms with Crippen molar-refractivity contribution in [3.8, 4) is 5.75 Å². The van der Waals surface area contributed by atoms with E-state index in [2.05, 4.69) is 5.32 Å². The number of carbonyl (C=O) groups excluding carboxylic acids is 2. The van der Waals surface area contributed by atoms with Gasteiger partial charge in [0.15, 0.2) is 0 Å². The number of rotatable bonds is 3. The van der Waals surface area contributed by atoms with Gasteiger partial charge in [0.2, 0.25) is 5.91 Å². The molecule has 0 saturated carbocycles. The van der Waals surface area contributed by atoms with Gasteiger partial charge < -0.3 is 10.1 Å². The third-order valence-corrected chi connectivity index (χ3v) is 5.66. The maximum Gasteiger partial charge on any atom is 0.259 e. The maximum absolute atomic E-state index is 13.0. The molecule has 3 aromatic carbocycles. The summed E-state index contributed by atoms with van der Waals surface area (Å²) in [6.07, 6.45) is 0.666. The number of carbonyl (C=O) groups is 2. The van der Waals surface area contributed by atoms with Gasteiger partial charge in [-0.05, 0) is 37.4 Å². The lowest BCUT2D eigenvalue weighted by Gasteiger charge is -2.38. The highest BCUT2D eigenvalue weighted by Crippen LogP contribution is 2.40. The van der Waals surface area contributed by atoms with Crippen LogP contribution >= 0.6 is 0 Å². The molecular formula is C24H22N2O3. The molecule has 0 radical (unpaired) electrons. The summed E-state index contributed by atoms with van der Waals surface area (Å²) in [5, 5.41) is 5.06. The van der Waals surface area contributed by atoms with E-state index in [1.165, 1.54) is 0 Å². The minimum atomic E-state index is -0.377. The van der Waals surface area contributed by atoms with E-state index in [1.807, 2.05) is 74.5 Å². The van der Waals surface area contributed by atoms with Gasteiger partial charge in [-0.25, -0.2) is 0 Å². The number of ether oxygens (including phenoxy) is 1. The fourth-order valence-electron chi connectivity index (χ4n) is 4.45. The second kappa shape index (κ2) is 6.34. The number of fused-ring (bicyclic) bond motifs is 1. The first-order chi connectivity index (χ1) is 13.9. The van der Waals surface area contributed by atoms with Crippen LogP contribution in [-0.2, 0) is 4.79 Å². The fraction of sp³-hybridized carbons (Fsp3) is 0.250. The van der Waals surface area contributed by atoms with Crippen LogP contribution in [0.15, 0.2) is 60.7 Å². The largest absolute Gasteiger partial charge is 0.487 e. The van der Waals surface area contributed by atoms with Crippen LogP contribution in [0.3, 0.4) is 0 Å². The van der Waals surface area contributed by atoms with Gasteiger partial charge in [-0.3, -0.25) is 14.5 Å². The third kappa shape index (κ3) is 2.94. The first-order valence-electron chi connectivity index (χ1n) is 9.84. The summed E-state index contributed by atoms with van der Waals surface area (Å²) in [4.78, 5) is 27.5. The Bertz CT molecular complexity index is 1150. The van der Waals surface area contributed by atoms with Gasteiger partial charge >= 0.3 is 0 Å². The Labute approximate surface area is 169 Å². The topological polar surface area (TPSA) is 58.6 Å². The zero-order valence-electron chi connectivity index (χ0n) is 16.4. The van der Waals surface area contributed by atoms with Crippen molar-refractivity contribution in [3.63, 3.8) is 0 Å². The van der Waals surface area contributed by atoms with Crippen molar-refractivity contribution in [1.29, 1.82) is 0 Å². The normalized spacial score (nSPS) is 19.0. The molecule has 2 aliphatic rings. The zero-order valence-corrected chi connectivity index (χ0v) is 16.4. The van der Waals surface area contributed by atoms with Crippen LogP contribution in [0, 0.1) is 0 Å². The molecule has 0 bridgehead atoms. The lowest BCUT2D eigenvalue weighted by atomic mass is 9.89. The van der Waals surface area contributed by atoms with Crippen LogP contribution in [0.25, 0.3) is 10.8 Å². The van der Waals surface area contributed by atoms with Crippen LogP contribution in [0.5, 0.6) is 5.75 Å². The second-order valence-electron chi connectivity index (χ2n) is 8.30.